The molecule has 4 heteroatoms. The lowest BCUT2D eigenvalue weighted by molar-refractivity contribution is 0.0999. The number of benzene rings is 1. The number of ether oxygens (including phenoxy) is 1. The van der Waals surface area contributed by atoms with Crippen LogP contribution in [-0.2, 0) is 6.42 Å². The van der Waals surface area contributed by atoms with Gasteiger partial charge in [-0.2, -0.15) is 0 Å². The van der Waals surface area contributed by atoms with Crippen LogP contribution in [0.25, 0.3) is 0 Å². The number of hydrogen-bond donors (Lipinski definition) is 1. The minimum atomic E-state index is 0.262. The molecule has 1 aromatic rings. The molecule has 1 N–H and O–H groups in total. The van der Waals surface area contributed by atoms with Crippen LogP contribution in [0.2, 0.25) is 0 Å². The SMILES string of the molecule is CN(CCO)C1CCN(CC2CCOc3ccccc3C2)CC1. The Morgan fingerprint density at radius 3 is 2.78 bits per heavy atom. The molecular weight excluding hydrogens is 288 g/mol. The molecule has 2 aliphatic rings. The maximum absolute atomic E-state index is 9.08. The van der Waals surface area contributed by atoms with Gasteiger partial charge in [-0.1, -0.05) is 18.2 Å². The number of likely N-dealkylation sites (tertiary alicyclic amines) is 1. The zero-order valence-corrected chi connectivity index (χ0v) is 14.3. The molecule has 1 saturated heterocycles. The number of likely N-dealkylation sites (N-methyl/N-ethyl adjacent to an activating group) is 1. The highest BCUT2D eigenvalue weighted by Gasteiger charge is 2.25. The van der Waals surface area contributed by atoms with E-state index in [4.69, 9.17) is 9.84 Å². The fourth-order valence-electron chi connectivity index (χ4n) is 3.97. The van der Waals surface area contributed by atoms with Crippen molar-refractivity contribution in [1.82, 2.24) is 9.80 Å². The summed E-state index contributed by atoms with van der Waals surface area (Å²) in [6, 6.07) is 9.13. The van der Waals surface area contributed by atoms with Gasteiger partial charge in [-0.15, -0.1) is 0 Å². The maximum atomic E-state index is 9.08. The molecule has 1 aromatic carbocycles. The Morgan fingerprint density at radius 2 is 2.00 bits per heavy atom. The van der Waals surface area contributed by atoms with E-state index in [1.165, 1.54) is 38.0 Å². The Hall–Kier alpha value is -1.10. The normalized spacial score (nSPS) is 23.3. The van der Waals surface area contributed by atoms with E-state index in [1.54, 1.807) is 0 Å². The first-order valence-corrected chi connectivity index (χ1v) is 9.00. The number of fused-ring (bicyclic) bond motifs is 1. The predicted octanol–water partition coefficient (Wildman–Crippen LogP) is 2.02. The fraction of sp³-hybridized carbons (Fsp3) is 0.684. The van der Waals surface area contributed by atoms with E-state index >= 15 is 0 Å². The van der Waals surface area contributed by atoms with Crippen molar-refractivity contribution in [2.24, 2.45) is 5.92 Å². The Bertz CT molecular complexity index is 486. The number of aliphatic hydroxyl groups excluding tert-OH is 1. The Balaban J connectivity index is 1.49. The van der Waals surface area contributed by atoms with Gasteiger partial charge < -0.3 is 19.6 Å². The van der Waals surface area contributed by atoms with Crippen molar-refractivity contribution in [3.63, 3.8) is 0 Å². The summed E-state index contributed by atoms with van der Waals surface area (Å²) in [5.41, 5.74) is 1.37. The van der Waals surface area contributed by atoms with Gasteiger partial charge in [0.25, 0.3) is 0 Å². The molecule has 4 nitrogen and oxygen atoms in total. The predicted molar refractivity (Wildman–Crippen MR) is 92.9 cm³/mol. The first-order chi connectivity index (χ1) is 11.3. The average Bonchev–Trinajstić information content (AvgIpc) is 2.77. The monoisotopic (exact) mass is 318 g/mol. The smallest absolute Gasteiger partial charge is 0.122 e. The second kappa shape index (κ2) is 8.13. The van der Waals surface area contributed by atoms with Crippen molar-refractivity contribution < 1.29 is 9.84 Å². The van der Waals surface area contributed by atoms with Crippen LogP contribution in [0.3, 0.4) is 0 Å². The van der Waals surface area contributed by atoms with Crippen molar-refractivity contribution in [3.05, 3.63) is 29.8 Å². The number of hydrogen-bond acceptors (Lipinski definition) is 4. The lowest BCUT2D eigenvalue weighted by atomic mass is 9.95. The van der Waals surface area contributed by atoms with Gasteiger partial charge in [0.05, 0.1) is 13.2 Å². The standard InChI is InChI=1S/C19H30N2O2/c1-20(11-12-22)18-6-9-21(10-7-18)15-16-8-13-23-19-5-3-2-4-17(19)14-16/h2-5,16,18,22H,6-15H2,1H3. The summed E-state index contributed by atoms with van der Waals surface area (Å²) in [4.78, 5) is 4.94. The van der Waals surface area contributed by atoms with Crippen LogP contribution in [0.5, 0.6) is 5.75 Å². The van der Waals surface area contributed by atoms with Gasteiger partial charge in [0.15, 0.2) is 0 Å². The zero-order valence-electron chi connectivity index (χ0n) is 14.3. The first-order valence-electron chi connectivity index (χ1n) is 9.00. The van der Waals surface area contributed by atoms with E-state index in [0.29, 0.717) is 12.0 Å². The highest BCUT2D eigenvalue weighted by molar-refractivity contribution is 5.34. The highest BCUT2D eigenvalue weighted by Crippen LogP contribution is 2.27. The van der Waals surface area contributed by atoms with Crippen LogP contribution in [0, 0.1) is 5.92 Å². The molecule has 0 saturated carbocycles. The minimum Gasteiger partial charge on any atom is -0.493 e. The van der Waals surface area contributed by atoms with E-state index < -0.39 is 0 Å². The summed E-state index contributed by atoms with van der Waals surface area (Å²) < 4.78 is 5.89. The molecular formula is C19H30N2O2. The summed E-state index contributed by atoms with van der Waals surface area (Å²) in [5, 5.41) is 9.08. The number of piperidine rings is 1. The molecule has 1 fully saturated rings. The molecule has 0 aliphatic carbocycles. The van der Waals surface area contributed by atoms with E-state index in [-0.39, 0.29) is 6.61 Å². The van der Waals surface area contributed by atoms with Crippen molar-refractivity contribution in [2.75, 3.05) is 46.4 Å². The molecule has 0 bridgehead atoms. The summed E-state index contributed by atoms with van der Waals surface area (Å²) in [7, 11) is 2.14. The molecule has 1 atom stereocenters. The van der Waals surface area contributed by atoms with Crippen LogP contribution in [0.15, 0.2) is 24.3 Å². The van der Waals surface area contributed by atoms with Gasteiger partial charge in [0.2, 0.25) is 0 Å². The Kier molecular flexibility index (Phi) is 5.92. The number of para-hydroxylation sites is 1. The third-order valence-electron chi connectivity index (χ3n) is 5.41. The zero-order chi connectivity index (χ0) is 16.1. The molecule has 0 aromatic heterocycles. The van der Waals surface area contributed by atoms with Gasteiger partial charge in [-0.05, 0) is 63.4 Å². The van der Waals surface area contributed by atoms with Crippen LogP contribution in [-0.4, -0.2) is 67.4 Å². The van der Waals surface area contributed by atoms with Crippen LogP contribution in [0.1, 0.15) is 24.8 Å². The lowest BCUT2D eigenvalue weighted by Gasteiger charge is -2.37. The van der Waals surface area contributed by atoms with Gasteiger partial charge in [0, 0.05) is 19.1 Å². The Morgan fingerprint density at radius 1 is 1.22 bits per heavy atom. The Labute approximate surface area is 140 Å². The van der Waals surface area contributed by atoms with E-state index in [1.807, 2.05) is 0 Å². The molecule has 2 aliphatic heterocycles. The topological polar surface area (TPSA) is 35.9 Å². The van der Waals surface area contributed by atoms with Gasteiger partial charge in [0.1, 0.15) is 5.75 Å². The molecule has 3 rings (SSSR count). The quantitative estimate of drug-likeness (QED) is 0.901. The van der Waals surface area contributed by atoms with Crippen molar-refractivity contribution in [3.8, 4) is 5.75 Å². The molecule has 0 spiro atoms. The van der Waals surface area contributed by atoms with Crippen LogP contribution < -0.4 is 4.74 Å². The third kappa shape index (κ3) is 4.46. The lowest BCUT2D eigenvalue weighted by Crippen LogP contribution is -2.45. The summed E-state index contributed by atoms with van der Waals surface area (Å²) in [6.07, 6.45) is 4.73. The largest absolute Gasteiger partial charge is 0.493 e. The van der Waals surface area contributed by atoms with Crippen molar-refractivity contribution >= 4 is 0 Å². The average molecular weight is 318 g/mol. The van der Waals surface area contributed by atoms with Crippen LogP contribution in [0.4, 0.5) is 0 Å². The molecule has 23 heavy (non-hydrogen) atoms. The van der Waals surface area contributed by atoms with Gasteiger partial charge in [-0.3, -0.25) is 0 Å². The van der Waals surface area contributed by atoms with E-state index in [9.17, 15) is 0 Å². The van der Waals surface area contributed by atoms with Crippen LogP contribution >= 0.6 is 0 Å². The van der Waals surface area contributed by atoms with Crippen molar-refractivity contribution in [1.29, 1.82) is 0 Å². The molecule has 0 amide bonds. The maximum Gasteiger partial charge on any atom is 0.122 e. The summed E-state index contributed by atoms with van der Waals surface area (Å²) in [6.45, 7) is 5.45. The minimum absolute atomic E-state index is 0.262. The van der Waals surface area contributed by atoms with Gasteiger partial charge in [-0.25, -0.2) is 0 Å². The number of nitrogens with zero attached hydrogens (tertiary/aromatic N) is 2. The number of rotatable bonds is 5. The second-order valence-corrected chi connectivity index (χ2v) is 7.05. The molecule has 128 valence electrons. The van der Waals surface area contributed by atoms with E-state index in [0.717, 1.165) is 31.7 Å². The molecule has 2 heterocycles. The molecule has 0 radical (unpaired) electrons. The van der Waals surface area contributed by atoms with E-state index in [2.05, 4.69) is 41.1 Å². The third-order valence-corrected chi connectivity index (χ3v) is 5.41. The summed E-state index contributed by atoms with van der Waals surface area (Å²) in [5.74, 6) is 1.78. The fourth-order valence-corrected chi connectivity index (χ4v) is 3.97. The first kappa shape index (κ1) is 16.7. The summed E-state index contributed by atoms with van der Waals surface area (Å²) >= 11 is 0. The van der Waals surface area contributed by atoms with Crippen molar-refractivity contribution in [2.45, 2.75) is 31.7 Å². The number of aliphatic hydroxyl groups is 1. The molecule has 1 unspecified atom stereocenters. The van der Waals surface area contributed by atoms with Gasteiger partial charge >= 0.3 is 0 Å². The highest BCUT2D eigenvalue weighted by atomic mass is 16.5. The second-order valence-electron chi connectivity index (χ2n) is 7.05.